The lowest BCUT2D eigenvalue weighted by molar-refractivity contribution is 0.102. The van der Waals surface area contributed by atoms with E-state index in [1.165, 1.54) is 5.56 Å². The van der Waals surface area contributed by atoms with Crippen molar-refractivity contribution in [1.29, 1.82) is 0 Å². The molecule has 0 aliphatic rings. The zero-order valence-corrected chi connectivity index (χ0v) is 12.5. The van der Waals surface area contributed by atoms with Gasteiger partial charge in [-0.25, -0.2) is 4.98 Å². The van der Waals surface area contributed by atoms with Gasteiger partial charge in [-0.05, 0) is 59.1 Å². The van der Waals surface area contributed by atoms with Gasteiger partial charge in [0.2, 0.25) is 0 Å². The number of aryl methyl sites for hydroxylation is 2. The molecule has 98 valence electrons. The normalized spacial score (nSPS) is 10.3. The zero-order valence-electron chi connectivity index (χ0n) is 10.9. The van der Waals surface area contributed by atoms with Crippen molar-refractivity contribution in [3.63, 3.8) is 0 Å². The maximum absolute atomic E-state index is 12.1. The van der Waals surface area contributed by atoms with Crippen LogP contribution in [0.4, 0.5) is 5.69 Å². The molecule has 0 aliphatic heterocycles. The fourth-order valence-corrected chi connectivity index (χ4v) is 2.15. The Kier molecular flexibility index (Phi) is 4.32. The summed E-state index contributed by atoms with van der Waals surface area (Å²) in [7, 11) is 0. The average molecular weight is 319 g/mol. The number of carbonyl (C=O) groups is 1. The highest BCUT2D eigenvalue weighted by molar-refractivity contribution is 9.10. The van der Waals surface area contributed by atoms with Gasteiger partial charge in [-0.2, -0.15) is 0 Å². The van der Waals surface area contributed by atoms with E-state index in [1.807, 2.05) is 43.3 Å². The van der Waals surface area contributed by atoms with Crippen molar-refractivity contribution in [1.82, 2.24) is 4.98 Å². The minimum absolute atomic E-state index is 0.116. The summed E-state index contributed by atoms with van der Waals surface area (Å²) in [5.41, 5.74) is 3.39. The molecule has 4 heteroatoms. The molecule has 0 radical (unpaired) electrons. The van der Waals surface area contributed by atoms with Crippen LogP contribution in [0, 0.1) is 6.92 Å². The van der Waals surface area contributed by atoms with Crippen molar-refractivity contribution in [2.24, 2.45) is 0 Å². The van der Waals surface area contributed by atoms with Crippen LogP contribution < -0.4 is 5.32 Å². The highest BCUT2D eigenvalue weighted by Crippen LogP contribution is 2.17. The number of rotatable bonds is 3. The van der Waals surface area contributed by atoms with Gasteiger partial charge in [-0.3, -0.25) is 4.79 Å². The lowest BCUT2D eigenvalue weighted by Gasteiger charge is -2.08. The summed E-state index contributed by atoms with van der Waals surface area (Å²) < 4.78 is 0.760. The number of pyridine rings is 1. The van der Waals surface area contributed by atoms with E-state index in [0.29, 0.717) is 5.56 Å². The Hall–Kier alpha value is -1.68. The van der Waals surface area contributed by atoms with Gasteiger partial charge in [-0.15, -0.1) is 0 Å². The van der Waals surface area contributed by atoms with E-state index < -0.39 is 0 Å². The Morgan fingerprint density at radius 1 is 1.21 bits per heavy atom. The summed E-state index contributed by atoms with van der Waals surface area (Å²) in [4.78, 5) is 16.3. The molecule has 0 spiro atoms. The molecule has 1 heterocycles. The van der Waals surface area contributed by atoms with Gasteiger partial charge in [0.25, 0.3) is 5.91 Å². The van der Waals surface area contributed by atoms with Gasteiger partial charge in [0.1, 0.15) is 4.60 Å². The molecular weight excluding hydrogens is 304 g/mol. The maximum Gasteiger partial charge on any atom is 0.255 e. The standard InChI is InChI=1S/C15H15BrN2O/c1-3-11-4-6-12(7-5-11)15(19)18-13-8-9-14(16)17-10(13)2/h4-9H,3H2,1-2H3,(H,18,19). The van der Waals surface area contributed by atoms with Gasteiger partial charge in [-0.1, -0.05) is 19.1 Å². The van der Waals surface area contributed by atoms with E-state index in [2.05, 4.69) is 33.2 Å². The fourth-order valence-electron chi connectivity index (χ4n) is 1.75. The molecule has 0 saturated carbocycles. The quantitative estimate of drug-likeness (QED) is 0.870. The number of amides is 1. The van der Waals surface area contributed by atoms with E-state index >= 15 is 0 Å². The molecule has 0 fully saturated rings. The second-order valence-corrected chi connectivity index (χ2v) is 5.08. The average Bonchev–Trinajstić information content (AvgIpc) is 2.42. The molecule has 19 heavy (non-hydrogen) atoms. The Balaban J connectivity index is 2.15. The number of aromatic nitrogens is 1. The van der Waals surface area contributed by atoms with Crippen LogP contribution in [0.2, 0.25) is 0 Å². The molecule has 3 nitrogen and oxygen atoms in total. The van der Waals surface area contributed by atoms with Crippen molar-refractivity contribution in [2.75, 3.05) is 5.32 Å². The molecule has 2 aromatic rings. The molecule has 0 unspecified atom stereocenters. The van der Waals surface area contributed by atoms with Crippen LogP contribution in [0.1, 0.15) is 28.5 Å². The first-order valence-corrected chi connectivity index (χ1v) is 6.93. The smallest absolute Gasteiger partial charge is 0.255 e. The summed E-state index contributed by atoms with van der Waals surface area (Å²) in [5.74, 6) is -0.116. The van der Waals surface area contributed by atoms with E-state index in [9.17, 15) is 4.79 Å². The van der Waals surface area contributed by atoms with Crippen molar-refractivity contribution in [2.45, 2.75) is 20.3 Å². The third kappa shape index (κ3) is 3.41. The van der Waals surface area contributed by atoms with Gasteiger partial charge >= 0.3 is 0 Å². The second kappa shape index (κ2) is 5.97. The molecule has 0 bridgehead atoms. The predicted molar refractivity (Wildman–Crippen MR) is 80.4 cm³/mol. The molecule has 1 amide bonds. The SMILES string of the molecule is CCc1ccc(C(=O)Nc2ccc(Br)nc2C)cc1. The summed E-state index contributed by atoms with van der Waals surface area (Å²) in [6.45, 7) is 3.95. The van der Waals surface area contributed by atoms with Gasteiger partial charge in [0, 0.05) is 5.56 Å². The molecule has 1 aromatic carbocycles. The molecule has 1 aromatic heterocycles. The Labute approximate surface area is 121 Å². The summed E-state index contributed by atoms with van der Waals surface area (Å²) in [6.07, 6.45) is 0.970. The Morgan fingerprint density at radius 3 is 2.47 bits per heavy atom. The minimum atomic E-state index is -0.116. The van der Waals surface area contributed by atoms with Crippen LogP contribution in [0.5, 0.6) is 0 Å². The molecule has 0 saturated heterocycles. The highest BCUT2D eigenvalue weighted by Gasteiger charge is 2.08. The first kappa shape index (κ1) is 13.7. The number of hydrogen-bond acceptors (Lipinski definition) is 2. The molecule has 0 atom stereocenters. The van der Waals surface area contributed by atoms with Crippen LogP contribution in [0.3, 0.4) is 0 Å². The number of nitrogens with zero attached hydrogens (tertiary/aromatic N) is 1. The van der Waals surface area contributed by atoms with E-state index in [-0.39, 0.29) is 5.91 Å². The van der Waals surface area contributed by atoms with E-state index in [0.717, 1.165) is 22.4 Å². The Morgan fingerprint density at radius 2 is 1.89 bits per heavy atom. The summed E-state index contributed by atoms with van der Waals surface area (Å²) in [5, 5.41) is 2.87. The lowest BCUT2D eigenvalue weighted by atomic mass is 10.1. The zero-order chi connectivity index (χ0) is 13.8. The number of nitrogens with one attached hydrogen (secondary N) is 1. The summed E-state index contributed by atoms with van der Waals surface area (Å²) >= 11 is 3.30. The van der Waals surface area contributed by atoms with Crippen molar-refractivity contribution in [3.8, 4) is 0 Å². The molecule has 1 N–H and O–H groups in total. The minimum Gasteiger partial charge on any atom is -0.320 e. The third-order valence-electron chi connectivity index (χ3n) is 2.92. The van der Waals surface area contributed by atoms with Crippen molar-refractivity contribution < 1.29 is 4.79 Å². The van der Waals surface area contributed by atoms with Crippen LogP contribution in [0.15, 0.2) is 41.0 Å². The van der Waals surface area contributed by atoms with Gasteiger partial charge in [0.15, 0.2) is 0 Å². The van der Waals surface area contributed by atoms with Gasteiger partial charge in [0.05, 0.1) is 11.4 Å². The first-order valence-electron chi connectivity index (χ1n) is 6.13. The first-order chi connectivity index (χ1) is 9.10. The van der Waals surface area contributed by atoms with Crippen molar-refractivity contribution in [3.05, 3.63) is 57.8 Å². The van der Waals surface area contributed by atoms with Crippen molar-refractivity contribution >= 4 is 27.5 Å². The molecule has 0 aliphatic carbocycles. The van der Waals surface area contributed by atoms with E-state index in [4.69, 9.17) is 0 Å². The highest BCUT2D eigenvalue weighted by atomic mass is 79.9. The molecular formula is C15H15BrN2O. The number of benzene rings is 1. The summed E-state index contributed by atoms with van der Waals surface area (Å²) in [6, 6.07) is 11.3. The topological polar surface area (TPSA) is 42.0 Å². The van der Waals surface area contributed by atoms with Crippen LogP contribution >= 0.6 is 15.9 Å². The van der Waals surface area contributed by atoms with Gasteiger partial charge < -0.3 is 5.32 Å². The van der Waals surface area contributed by atoms with Crippen LogP contribution in [0.25, 0.3) is 0 Å². The maximum atomic E-state index is 12.1. The monoisotopic (exact) mass is 318 g/mol. The lowest BCUT2D eigenvalue weighted by Crippen LogP contribution is -2.13. The number of carbonyl (C=O) groups excluding carboxylic acids is 1. The largest absolute Gasteiger partial charge is 0.320 e. The Bertz CT molecular complexity index is 594. The van der Waals surface area contributed by atoms with Crippen LogP contribution in [-0.4, -0.2) is 10.9 Å². The fraction of sp³-hybridized carbons (Fsp3) is 0.200. The third-order valence-corrected chi connectivity index (χ3v) is 3.37. The molecule has 2 rings (SSSR count). The number of hydrogen-bond donors (Lipinski definition) is 1. The number of halogens is 1. The predicted octanol–water partition coefficient (Wildman–Crippen LogP) is 3.97. The van der Waals surface area contributed by atoms with Crippen LogP contribution in [-0.2, 0) is 6.42 Å². The number of anilines is 1. The van der Waals surface area contributed by atoms with E-state index in [1.54, 1.807) is 0 Å². The second-order valence-electron chi connectivity index (χ2n) is 4.27.